The molecule has 0 aliphatic rings. The monoisotopic (exact) mass is 397 g/mol. The van der Waals surface area contributed by atoms with E-state index < -0.39 is 18.5 Å². The van der Waals surface area contributed by atoms with Crippen molar-refractivity contribution >= 4 is 35.1 Å². The second kappa shape index (κ2) is 10.0. The summed E-state index contributed by atoms with van der Waals surface area (Å²) in [6, 6.07) is 13.2. The molecule has 0 heterocycles. The van der Waals surface area contributed by atoms with E-state index in [1.807, 2.05) is 0 Å². The number of hydrogen-bond acceptors (Lipinski definition) is 5. The number of carbonyl (C=O) groups is 4. The minimum atomic E-state index is -0.542. The molecule has 0 aliphatic carbocycles. The highest BCUT2D eigenvalue weighted by atomic mass is 16.5. The summed E-state index contributed by atoms with van der Waals surface area (Å²) < 4.78 is 4.99. The lowest BCUT2D eigenvalue weighted by molar-refractivity contribution is -0.146. The van der Waals surface area contributed by atoms with Gasteiger partial charge in [-0.2, -0.15) is 0 Å². The Kier molecular flexibility index (Phi) is 7.47. The fourth-order valence-corrected chi connectivity index (χ4v) is 2.42. The van der Waals surface area contributed by atoms with E-state index in [9.17, 15) is 19.2 Å². The van der Waals surface area contributed by atoms with Crippen molar-refractivity contribution in [3.8, 4) is 0 Å². The highest BCUT2D eigenvalue weighted by Crippen LogP contribution is 2.12. The number of carbonyl (C=O) groups excluding carboxylic acids is 4. The first kappa shape index (κ1) is 21.6. The third kappa shape index (κ3) is 7.10. The Labute approximate surface area is 168 Å². The minimum absolute atomic E-state index is 0.00890. The Morgan fingerprint density at radius 3 is 1.97 bits per heavy atom. The van der Waals surface area contributed by atoms with Crippen LogP contribution in [0.15, 0.2) is 48.5 Å². The van der Waals surface area contributed by atoms with E-state index >= 15 is 0 Å². The van der Waals surface area contributed by atoms with Crippen LogP contribution >= 0.6 is 0 Å². The Morgan fingerprint density at radius 1 is 0.862 bits per heavy atom. The summed E-state index contributed by atoms with van der Waals surface area (Å²) in [5.74, 6) is -1.34. The van der Waals surface area contributed by atoms with Crippen molar-refractivity contribution in [3.63, 3.8) is 0 Å². The summed E-state index contributed by atoms with van der Waals surface area (Å²) in [6.45, 7) is 0.995. The predicted octanol–water partition coefficient (Wildman–Crippen LogP) is 2.07. The fourth-order valence-electron chi connectivity index (χ4n) is 2.42. The number of rotatable bonds is 7. The van der Waals surface area contributed by atoms with E-state index in [0.717, 1.165) is 0 Å². The maximum Gasteiger partial charge on any atom is 0.310 e. The van der Waals surface area contributed by atoms with Crippen molar-refractivity contribution < 1.29 is 23.9 Å². The Balaban J connectivity index is 1.79. The van der Waals surface area contributed by atoms with E-state index in [4.69, 9.17) is 4.74 Å². The van der Waals surface area contributed by atoms with E-state index in [1.165, 1.54) is 11.8 Å². The molecular weight excluding hydrogens is 374 g/mol. The van der Waals surface area contributed by atoms with Crippen LogP contribution in [-0.4, -0.2) is 49.3 Å². The Hall–Kier alpha value is -3.68. The van der Waals surface area contributed by atoms with Gasteiger partial charge in [0.2, 0.25) is 5.91 Å². The standard InChI is InChI=1S/C21H23N3O5/c1-14(25)22-17-8-4-15(5-9-17)12-20(27)29-13-19(26)23-18-10-6-16(7-11-18)21(28)24(2)3/h4-11H,12-13H2,1-3H3,(H,22,25)(H,23,26). The molecule has 2 rings (SSSR count). The number of hydrogen-bond donors (Lipinski definition) is 2. The van der Waals surface area contributed by atoms with Crippen LogP contribution in [0, 0.1) is 0 Å². The number of anilines is 2. The van der Waals surface area contributed by atoms with Crippen LogP contribution in [-0.2, 0) is 25.5 Å². The maximum atomic E-state index is 11.9. The second-order valence-electron chi connectivity index (χ2n) is 6.54. The van der Waals surface area contributed by atoms with E-state index in [0.29, 0.717) is 22.5 Å². The topological polar surface area (TPSA) is 105 Å². The number of nitrogens with zero attached hydrogens (tertiary/aromatic N) is 1. The van der Waals surface area contributed by atoms with Crippen LogP contribution < -0.4 is 10.6 Å². The molecule has 0 saturated carbocycles. The van der Waals surface area contributed by atoms with Crippen LogP contribution in [0.1, 0.15) is 22.8 Å². The zero-order valence-electron chi connectivity index (χ0n) is 16.5. The molecule has 8 nitrogen and oxygen atoms in total. The molecule has 2 aromatic carbocycles. The zero-order valence-corrected chi connectivity index (χ0v) is 16.5. The molecule has 0 bridgehead atoms. The summed E-state index contributed by atoms with van der Waals surface area (Å²) in [5, 5.41) is 5.24. The van der Waals surface area contributed by atoms with Crippen molar-refractivity contribution in [1.82, 2.24) is 4.90 Å². The Morgan fingerprint density at radius 2 is 1.41 bits per heavy atom. The maximum absolute atomic E-state index is 11.9. The molecule has 2 N–H and O–H groups in total. The van der Waals surface area contributed by atoms with Gasteiger partial charge in [0.25, 0.3) is 11.8 Å². The number of esters is 1. The lowest BCUT2D eigenvalue weighted by Gasteiger charge is -2.11. The van der Waals surface area contributed by atoms with Crippen molar-refractivity contribution in [2.75, 3.05) is 31.3 Å². The summed E-state index contributed by atoms with van der Waals surface area (Å²) in [6.07, 6.45) is 0.00890. The zero-order chi connectivity index (χ0) is 21.4. The van der Waals surface area contributed by atoms with Crippen molar-refractivity contribution in [3.05, 3.63) is 59.7 Å². The molecule has 0 radical (unpaired) electrons. The number of nitrogens with one attached hydrogen (secondary N) is 2. The molecule has 29 heavy (non-hydrogen) atoms. The summed E-state index contributed by atoms with van der Waals surface area (Å²) >= 11 is 0. The van der Waals surface area contributed by atoms with Gasteiger partial charge in [0.15, 0.2) is 6.61 Å². The lowest BCUT2D eigenvalue weighted by Crippen LogP contribution is -2.22. The third-order valence-electron chi connectivity index (χ3n) is 3.81. The SMILES string of the molecule is CC(=O)Nc1ccc(CC(=O)OCC(=O)Nc2ccc(C(=O)N(C)C)cc2)cc1. The fraction of sp³-hybridized carbons (Fsp3) is 0.238. The molecule has 0 unspecified atom stereocenters. The largest absolute Gasteiger partial charge is 0.455 e. The van der Waals surface area contributed by atoms with Gasteiger partial charge in [-0.05, 0) is 42.0 Å². The number of ether oxygens (including phenoxy) is 1. The smallest absolute Gasteiger partial charge is 0.310 e. The second-order valence-corrected chi connectivity index (χ2v) is 6.54. The van der Waals surface area contributed by atoms with Gasteiger partial charge in [-0.25, -0.2) is 0 Å². The molecule has 2 aromatic rings. The summed E-state index contributed by atoms with van der Waals surface area (Å²) in [4.78, 5) is 48.1. The van der Waals surface area contributed by atoms with Crippen molar-refractivity contribution in [1.29, 1.82) is 0 Å². The van der Waals surface area contributed by atoms with Gasteiger partial charge in [0.05, 0.1) is 6.42 Å². The molecule has 0 fully saturated rings. The number of amides is 3. The normalized spacial score (nSPS) is 10.0. The van der Waals surface area contributed by atoms with Crippen LogP contribution in [0.3, 0.4) is 0 Å². The first-order chi connectivity index (χ1) is 13.7. The molecule has 0 saturated heterocycles. The highest BCUT2D eigenvalue weighted by Gasteiger charge is 2.11. The van der Waals surface area contributed by atoms with Gasteiger partial charge in [0, 0.05) is 38.0 Å². The van der Waals surface area contributed by atoms with Crippen LogP contribution in [0.4, 0.5) is 11.4 Å². The van der Waals surface area contributed by atoms with Crippen molar-refractivity contribution in [2.24, 2.45) is 0 Å². The first-order valence-electron chi connectivity index (χ1n) is 8.88. The van der Waals surface area contributed by atoms with Gasteiger partial charge in [-0.3, -0.25) is 19.2 Å². The van der Waals surface area contributed by atoms with Gasteiger partial charge in [0.1, 0.15) is 0 Å². The van der Waals surface area contributed by atoms with Gasteiger partial charge in [-0.15, -0.1) is 0 Å². The molecule has 0 aliphatic heterocycles. The van der Waals surface area contributed by atoms with Crippen LogP contribution in [0.5, 0.6) is 0 Å². The highest BCUT2D eigenvalue weighted by molar-refractivity contribution is 5.96. The number of benzene rings is 2. The van der Waals surface area contributed by atoms with Crippen LogP contribution in [0.25, 0.3) is 0 Å². The van der Waals surface area contributed by atoms with Gasteiger partial charge in [-0.1, -0.05) is 12.1 Å². The summed E-state index contributed by atoms with van der Waals surface area (Å²) in [5.41, 5.74) is 2.33. The molecule has 3 amide bonds. The molecular formula is C21H23N3O5. The predicted molar refractivity (Wildman–Crippen MR) is 108 cm³/mol. The summed E-state index contributed by atoms with van der Waals surface area (Å²) in [7, 11) is 3.31. The third-order valence-corrected chi connectivity index (χ3v) is 3.81. The average Bonchev–Trinajstić information content (AvgIpc) is 2.67. The van der Waals surface area contributed by atoms with Crippen molar-refractivity contribution in [2.45, 2.75) is 13.3 Å². The van der Waals surface area contributed by atoms with E-state index in [2.05, 4.69) is 10.6 Å². The molecule has 0 spiro atoms. The van der Waals surface area contributed by atoms with Gasteiger partial charge >= 0.3 is 5.97 Å². The van der Waals surface area contributed by atoms with E-state index in [-0.39, 0.29) is 18.2 Å². The minimum Gasteiger partial charge on any atom is -0.455 e. The Bertz CT molecular complexity index is 890. The first-order valence-corrected chi connectivity index (χ1v) is 8.88. The quantitative estimate of drug-likeness (QED) is 0.696. The average molecular weight is 397 g/mol. The lowest BCUT2D eigenvalue weighted by atomic mass is 10.1. The molecule has 152 valence electrons. The molecule has 0 aromatic heterocycles. The molecule has 8 heteroatoms. The van der Waals surface area contributed by atoms with Crippen LogP contribution in [0.2, 0.25) is 0 Å². The molecule has 0 atom stereocenters. The van der Waals surface area contributed by atoms with E-state index in [1.54, 1.807) is 62.6 Å². The van der Waals surface area contributed by atoms with Gasteiger partial charge < -0.3 is 20.3 Å².